The first-order valence-corrected chi connectivity index (χ1v) is 14.6. The molecular formula is C27H29Cl2N5O4S. The number of hydrazine groups is 1. The van der Waals surface area contributed by atoms with Crippen molar-refractivity contribution in [3.8, 4) is 0 Å². The highest BCUT2D eigenvalue weighted by molar-refractivity contribution is 7.77. The molecule has 0 saturated heterocycles. The van der Waals surface area contributed by atoms with Crippen LogP contribution in [0.4, 0.5) is 0 Å². The van der Waals surface area contributed by atoms with E-state index in [0.29, 0.717) is 39.6 Å². The van der Waals surface area contributed by atoms with Gasteiger partial charge in [0.25, 0.3) is 5.91 Å². The van der Waals surface area contributed by atoms with Crippen LogP contribution in [0.2, 0.25) is 10.0 Å². The van der Waals surface area contributed by atoms with Crippen molar-refractivity contribution in [2.24, 2.45) is 0 Å². The van der Waals surface area contributed by atoms with Gasteiger partial charge in [0.2, 0.25) is 17.2 Å². The molecule has 2 aliphatic heterocycles. The van der Waals surface area contributed by atoms with E-state index in [-0.39, 0.29) is 18.4 Å². The second-order valence-corrected chi connectivity index (χ2v) is 11.4. The van der Waals surface area contributed by atoms with E-state index in [2.05, 4.69) is 20.9 Å². The molecule has 2 amide bonds. The van der Waals surface area contributed by atoms with Gasteiger partial charge in [0, 0.05) is 46.6 Å². The normalized spacial score (nSPS) is 25.2. The molecule has 1 aliphatic carbocycles. The molecule has 5 atom stereocenters. The van der Waals surface area contributed by atoms with Crippen molar-refractivity contribution < 1.29 is 18.4 Å². The van der Waals surface area contributed by atoms with Gasteiger partial charge in [0.1, 0.15) is 0 Å². The zero-order chi connectivity index (χ0) is 27.5. The molecule has 5 rings (SSSR count). The van der Waals surface area contributed by atoms with Gasteiger partial charge in [0.15, 0.2) is 0 Å². The zero-order valence-electron chi connectivity index (χ0n) is 20.9. The Labute approximate surface area is 239 Å². The number of fused-ring (bicyclic) bond motifs is 1. The predicted molar refractivity (Wildman–Crippen MR) is 151 cm³/mol. The van der Waals surface area contributed by atoms with Gasteiger partial charge < -0.3 is 21.1 Å². The van der Waals surface area contributed by atoms with E-state index in [4.69, 9.17) is 23.2 Å². The number of amides is 2. The first-order valence-electron chi connectivity index (χ1n) is 12.7. The van der Waals surface area contributed by atoms with E-state index < -0.39 is 35.3 Å². The summed E-state index contributed by atoms with van der Waals surface area (Å²) in [6, 6.07) is 10.5. The Balaban J connectivity index is 1.63. The minimum Gasteiger partial charge on any atom is -0.351 e. The Morgan fingerprint density at radius 3 is 2.64 bits per heavy atom. The maximum absolute atomic E-state index is 14.2. The average molecular weight is 591 g/mol. The standard InChI is InChI=1S/C27H29Cl2N5O4S/c28-17-9-10-20(21(29)13-17)25-24(26(35)30-14-16-11-12-31-32-15-16)18-5-1-2-6-19(18)27(36)34(25)23-8-4-3-7-22(23)33-39(37)38/h1-2,5-6,9-13,15,22-25,31-33H,3-4,7-8,14H2,(H,30,35)(H,37,38)/t22-,23-,24+,25-/m0/s1. The van der Waals surface area contributed by atoms with Gasteiger partial charge >= 0.3 is 0 Å². The summed E-state index contributed by atoms with van der Waals surface area (Å²) in [5.41, 5.74) is 8.22. The Bertz CT molecular complexity index is 1350. The summed E-state index contributed by atoms with van der Waals surface area (Å²) in [4.78, 5) is 30.0. The summed E-state index contributed by atoms with van der Waals surface area (Å²) in [6.07, 6.45) is 8.25. The maximum atomic E-state index is 14.2. The fourth-order valence-corrected chi connectivity index (χ4v) is 6.83. The molecule has 9 nitrogen and oxygen atoms in total. The maximum Gasteiger partial charge on any atom is 0.255 e. The molecule has 1 saturated carbocycles. The van der Waals surface area contributed by atoms with Gasteiger partial charge in [0.05, 0.1) is 12.0 Å². The van der Waals surface area contributed by atoms with Gasteiger partial charge in [-0.1, -0.05) is 60.3 Å². The molecular weight excluding hydrogens is 561 g/mol. The van der Waals surface area contributed by atoms with Crippen LogP contribution in [0.1, 0.15) is 59.1 Å². The Morgan fingerprint density at radius 2 is 1.90 bits per heavy atom. The fraction of sp³-hybridized carbons (Fsp3) is 0.333. The lowest BCUT2D eigenvalue weighted by atomic mass is 9.76. The van der Waals surface area contributed by atoms with Crippen LogP contribution in [0.5, 0.6) is 0 Å². The molecule has 12 heteroatoms. The Kier molecular flexibility index (Phi) is 8.58. The van der Waals surface area contributed by atoms with E-state index in [9.17, 15) is 18.4 Å². The average Bonchev–Trinajstić information content (AvgIpc) is 2.93. The smallest absolute Gasteiger partial charge is 0.255 e. The predicted octanol–water partition coefficient (Wildman–Crippen LogP) is 3.93. The number of nitrogens with one attached hydrogen (secondary N) is 4. The minimum atomic E-state index is -2.27. The minimum absolute atomic E-state index is 0.249. The van der Waals surface area contributed by atoms with Gasteiger partial charge in [-0.05, 0) is 53.8 Å². The molecule has 206 valence electrons. The molecule has 5 N–H and O–H groups in total. The van der Waals surface area contributed by atoms with Crippen LogP contribution in [0, 0.1) is 0 Å². The highest BCUT2D eigenvalue weighted by Gasteiger charge is 2.49. The number of nitrogens with zero attached hydrogens (tertiary/aromatic N) is 1. The molecule has 1 unspecified atom stereocenters. The van der Waals surface area contributed by atoms with Gasteiger partial charge in [-0.2, -0.15) is 0 Å². The fourth-order valence-electron chi connectivity index (χ4n) is 5.77. The monoisotopic (exact) mass is 589 g/mol. The van der Waals surface area contributed by atoms with E-state index in [1.807, 2.05) is 12.1 Å². The number of benzene rings is 2. The molecule has 2 aromatic carbocycles. The number of carbonyl (C=O) groups excluding carboxylic acids is 2. The van der Waals surface area contributed by atoms with Crippen molar-refractivity contribution in [1.29, 1.82) is 0 Å². The molecule has 2 heterocycles. The number of hydrogen-bond donors (Lipinski definition) is 5. The van der Waals surface area contributed by atoms with Gasteiger partial charge in [-0.15, -0.1) is 0 Å². The Morgan fingerprint density at radius 1 is 1.10 bits per heavy atom. The molecule has 1 fully saturated rings. The van der Waals surface area contributed by atoms with E-state index >= 15 is 0 Å². The SMILES string of the molecule is O=C(NCC1=CNNC=C1)[C@@H]1c2ccccc2C(=O)N([C@H]2CCCC[C@@H]2NS(=O)O)[C@H]1c1ccc(Cl)cc1Cl. The van der Waals surface area contributed by atoms with Crippen molar-refractivity contribution in [2.75, 3.05) is 6.54 Å². The van der Waals surface area contributed by atoms with Crippen LogP contribution in [0.15, 0.2) is 66.5 Å². The Hall–Kier alpha value is -2.89. The number of rotatable bonds is 7. The van der Waals surface area contributed by atoms with Crippen LogP contribution in [-0.2, 0) is 16.1 Å². The summed E-state index contributed by atoms with van der Waals surface area (Å²) >= 11 is 10.7. The lowest BCUT2D eigenvalue weighted by molar-refractivity contribution is -0.124. The van der Waals surface area contributed by atoms with Crippen LogP contribution >= 0.6 is 23.2 Å². The summed E-state index contributed by atoms with van der Waals surface area (Å²) in [5, 5.41) is 3.81. The molecule has 2 aromatic rings. The van der Waals surface area contributed by atoms with E-state index in [0.717, 1.165) is 18.4 Å². The van der Waals surface area contributed by atoms with E-state index in [1.165, 1.54) is 0 Å². The van der Waals surface area contributed by atoms with Gasteiger partial charge in [-0.25, -0.2) is 8.93 Å². The van der Waals surface area contributed by atoms with Crippen molar-refractivity contribution >= 4 is 46.3 Å². The molecule has 0 radical (unpaired) electrons. The third-order valence-electron chi connectivity index (χ3n) is 7.47. The van der Waals surface area contributed by atoms with Crippen LogP contribution in [0.25, 0.3) is 0 Å². The van der Waals surface area contributed by atoms with Crippen LogP contribution in [-0.4, -0.2) is 44.1 Å². The summed E-state index contributed by atoms with van der Waals surface area (Å²) in [7, 11) is 0. The van der Waals surface area contributed by atoms with Crippen LogP contribution in [0.3, 0.4) is 0 Å². The first-order chi connectivity index (χ1) is 18.8. The third-order valence-corrected chi connectivity index (χ3v) is 8.53. The third kappa shape index (κ3) is 5.85. The van der Waals surface area contributed by atoms with E-state index in [1.54, 1.807) is 53.7 Å². The molecule has 0 aromatic heterocycles. The summed E-state index contributed by atoms with van der Waals surface area (Å²) in [5.74, 6) is -1.31. The quantitative estimate of drug-likeness (QED) is 0.312. The number of hydrogen-bond acceptors (Lipinski definition) is 5. The van der Waals surface area contributed by atoms with Crippen molar-refractivity contribution in [3.05, 3.63) is 93.2 Å². The highest BCUT2D eigenvalue weighted by atomic mass is 35.5. The lowest BCUT2D eigenvalue weighted by Gasteiger charge is -2.49. The number of carbonyl (C=O) groups is 2. The first kappa shape index (κ1) is 27.7. The zero-order valence-corrected chi connectivity index (χ0v) is 23.2. The van der Waals surface area contributed by atoms with Crippen molar-refractivity contribution in [2.45, 2.75) is 49.7 Å². The summed E-state index contributed by atoms with van der Waals surface area (Å²) in [6.45, 7) is 0.273. The second-order valence-electron chi connectivity index (χ2n) is 9.77. The van der Waals surface area contributed by atoms with Crippen LogP contribution < -0.4 is 20.9 Å². The topological polar surface area (TPSA) is 123 Å². The molecule has 0 spiro atoms. The molecule has 3 aliphatic rings. The summed E-state index contributed by atoms with van der Waals surface area (Å²) < 4.78 is 24.2. The largest absolute Gasteiger partial charge is 0.351 e. The molecule has 0 bridgehead atoms. The van der Waals surface area contributed by atoms with Crippen molar-refractivity contribution in [1.82, 2.24) is 25.8 Å². The number of halogens is 2. The second kappa shape index (κ2) is 12.1. The molecule has 39 heavy (non-hydrogen) atoms. The lowest BCUT2D eigenvalue weighted by Crippen LogP contribution is -2.58. The van der Waals surface area contributed by atoms with Gasteiger partial charge in [-0.3, -0.25) is 14.1 Å². The van der Waals surface area contributed by atoms with Crippen molar-refractivity contribution in [3.63, 3.8) is 0 Å². The highest BCUT2D eigenvalue weighted by Crippen LogP contribution is 2.47.